The van der Waals surface area contributed by atoms with Crippen LogP contribution in [0.5, 0.6) is 17.8 Å². The van der Waals surface area contributed by atoms with E-state index in [-0.39, 0.29) is 11.5 Å². The monoisotopic (exact) mass is 346 g/mol. The lowest BCUT2D eigenvalue weighted by atomic mass is 10.1. The van der Waals surface area contributed by atoms with Gasteiger partial charge in [-0.2, -0.15) is 9.97 Å². The van der Waals surface area contributed by atoms with Crippen LogP contribution in [0.1, 0.15) is 41.0 Å². The first-order valence-electron chi connectivity index (χ1n) is 8.45. The van der Waals surface area contributed by atoms with Crippen LogP contribution in [0.4, 0.5) is 11.6 Å². The Morgan fingerprint density at radius 1 is 1.00 bits per heavy atom. The Hall–Kier alpha value is -2.64. The molecule has 0 atom stereocenters. The average Bonchev–Trinajstić information content (AvgIpc) is 2.53. The minimum absolute atomic E-state index is 0.132. The minimum Gasteiger partial charge on any atom is -0.477 e. The normalized spacial score (nSPS) is 11.1. The van der Waals surface area contributed by atoms with Crippen molar-refractivity contribution < 1.29 is 9.47 Å². The van der Waals surface area contributed by atoms with Crippen molar-refractivity contribution in [1.29, 1.82) is 0 Å². The molecule has 2 aromatic heterocycles. The molecule has 0 bridgehead atoms. The van der Waals surface area contributed by atoms with Crippen molar-refractivity contribution in [1.82, 2.24) is 20.2 Å². The highest BCUT2D eigenvalue weighted by Gasteiger charge is 2.14. The van der Waals surface area contributed by atoms with Gasteiger partial charge in [0.15, 0.2) is 0 Å². The van der Waals surface area contributed by atoms with Crippen LogP contribution >= 0.6 is 0 Å². The molecule has 8 heteroatoms. The first kappa shape index (κ1) is 18.7. The first-order valence-corrected chi connectivity index (χ1v) is 8.45. The molecule has 2 heterocycles. The number of nitrogens with one attached hydrogen (secondary N) is 2. The molecule has 0 aliphatic heterocycles. The summed E-state index contributed by atoms with van der Waals surface area (Å²) in [5, 5.41) is 14.4. The van der Waals surface area contributed by atoms with E-state index in [0.29, 0.717) is 30.0 Å². The van der Waals surface area contributed by atoms with E-state index in [1.807, 2.05) is 19.9 Å². The maximum Gasteiger partial charge on any atom is 0.327 e. The molecule has 2 N–H and O–H groups in total. The van der Waals surface area contributed by atoms with Gasteiger partial charge in [0.1, 0.15) is 11.6 Å². The van der Waals surface area contributed by atoms with Crippen LogP contribution in [-0.4, -0.2) is 38.9 Å². The number of anilines is 2. The van der Waals surface area contributed by atoms with Gasteiger partial charge in [0.05, 0.1) is 6.61 Å². The Morgan fingerprint density at radius 3 is 2.28 bits per heavy atom. The van der Waals surface area contributed by atoms with E-state index in [9.17, 15) is 0 Å². The summed E-state index contributed by atoms with van der Waals surface area (Å²) < 4.78 is 11.1. The topological polar surface area (TPSA) is 94.1 Å². The van der Waals surface area contributed by atoms with E-state index in [0.717, 1.165) is 13.0 Å². The minimum atomic E-state index is -0.132. The van der Waals surface area contributed by atoms with Crippen molar-refractivity contribution in [3.8, 4) is 17.8 Å². The van der Waals surface area contributed by atoms with Crippen molar-refractivity contribution in [2.75, 3.05) is 23.8 Å². The number of aromatic nitrogens is 4. The average molecular weight is 346 g/mol. The maximum absolute atomic E-state index is 5.65. The summed E-state index contributed by atoms with van der Waals surface area (Å²) in [7, 11) is 0. The Labute approximate surface area is 148 Å². The standard InChI is InChI=1S/C17H26N6O2/c1-6-10-24-14-8-9-15(23-22-14)25-16-19-12(18-7-2)11-13(20-16)21-17(3,4)5/h8-9,11H,6-7,10H2,1-5H3,(H2,18,19,20,21). The van der Waals surface area contributed by atoms with E-state index in [2.05, 4.69) is 51.6 Å². The lowest BCUT2D eigenvalue weighted by molar-refractivity contribution is 0.298. The fraction of sp³-hybridized carbons (Fsp3) is 0.529. The maximum atomic E-state index is 5.65. The lowest BCUT2D eigenvalue weighted by Crippen LogP contribution is -2.26. The summed E-state index contributed by atoms with van der Waals surface area (Å²) in [6.07, 6.45) is 0.911. The molecule has 0 aliphatic rings. The van der Waals surface area contributed by atoms with Gasteiger partial charge in [0.2, 0.25) is 11.8 Å². The molecular formula is C17H26N6O2. The summed E-state index contributed by atoms with van der Waals surface area (Å²) in [6.45, 7) is 11.6. The van der Waals surface area contributed by atoms with Crippen LogP contribution in [-0.2, 0) is 0 Å². The van der Waals surface area contributed by atoms with Gasteiger partial charge in [-0.3, -0.25) is 0 Å². The number of hydrogen-bond donors (Lipinski definition) is 2. The highest BCUT2D eigenvalue weighted by atomic mass is 16.5. The van der Waals surface area contributed by atoms with Crippen LogP contribution < -0.4 is 20.1 Å². The van der Waals surface area contributed by atoms with Crippen molar-refractivity contribution in [3.05, 3.63) is 18.2 Å². The van der Waals surface area contributed by atoms with Crippen molar-refractivity contribution >= 4 is 11.6 Å². The second-order valence-electron chi connectivity index (χ2n) is 6.49. The molecule has 136 valence electrons. The number of hydrogen-bond acceptors (Lipinski definition) is 8. The fourth-order valence-electron chi connectivity index (χ4n) is 1.93. The van der Waals surface area contributed by atoms with E-state index in [4.69, 9.17) is 9.47 Å². The third-order valence-electron chi connectivity index (χ3n) is 2.83. The number of rotatable bonds is 8. The van der Waals surface area contributed by atoms with Crippen molar-refractivity contribution in [2.45, 2.75) is 46.6 Å². The van der Waals surface area contributed by atoms with E-state index < -0.39 is 0 Å². The van der Waals surface area contributed by atoms with Crippen LogP contribution in [0.2, 0.25) is 0 Å². The zero-order valence-electron chi connectivity index (χ0n) is 15.5. The van der Waals surface area contributed by atoms with Gasteiger partial charge < -0.3 is 20.1 Å². The molecule has 0 saturated carbocycles. The summed E-state index contributed by atoms with van der Waals surface area (Å²) in [6, 6.07) is 5.43. The molecule has 0 radical (unpaired) electrons. The molecule has 25 heavy (non-hydrogen) atoms. The summed E-state index contributed by atoms with van der Waals surface area (Å²) in [5.41, 5.74) is -0.132. The highest BCUT2D eigenvalue weighted by Crippen LogP contribution is 2.22. The van der Waals surface area contributed by atoms with Gasteiger partial charge in [-0.25, -0.2) is 0 Å². The third kappa shape index (κ3) is 6.40. The second kappa shape index (κ2) is 8.46. The zero-order chi connectivity index (χ0) is 18.3. The van der Waals surface area contributed by atoms with Crippen LogP contribution in [0.3, 0.4) is 0 Å². The molecule has 0 amide bonds. The Bertz CT molecular complexity index is 670. The number of nitrogens with zero attached hydrogens (tertiary/aromatic N) is 4. The fourth-order valence-corrected chi connectivity index (χ4v) is 1.93. The molecule has 0 aliphatic carbocycles. The molecule has 2 rings (SSSR count). The molecule has 0 saturated heterocycles. The van der Waals surface area contributed by atoms with Gasteiger partial charge in [-0.1, -0.05) is 6.92 Å². The Kier molecular flexibility index (Phi) is 6.32. The largest absolute Gasteiger partial charge is 0.477 e. The molecule has 0 aromatic carbocycles. The van der Waals surface area contributed by atoms with Crippen LogP contribution in [0.15, 0.2) is 18.2 Å². The van der Waals surface area contributed by atoms with E-state index in [1.165, 1.54) is 0 Å². The molecule has 2 aromatic rings. The molecule has 0 fully saturated rings. The van der Waals surface area contributed by atoms with E-state index >= 15 is 0 Å². The van der Waals surface area contributed by atoms with Gasteiger partial charge in [-0.15, -0.1) is 10.2 Å². The zero-order valence-corrected chi connectivity index (χ0v) is 15.5. The quantitative estimate of drug-likeness (QED) is 0.750. The molecule has 0 spiro atoms. The third-order valence-corrected chi connectivity index (χ3v) is 2.83. The predicted molar refractivity (Wildman–Crippen MR) is 97.5 cm³/mol. The first-order chi connectivity index (χ1) is 11.9. The molecule has 0 unspecified atom stereocenters. The smallest absolute Gasteiger partial charge is 0.327 e. The van der Waals surface area contributed by atoms with Crippen LogP contribution in [0, 0.1) is 0 Å². The SMILES string of the molecule is CCCOc1ccc(Oc2nc(NCC)cc(NC(C)(C)C)n2)nn1. The summed E-state index contributed by atoms with van der Waals surface area (Å²) in [5.74, 6) is 2.12. The van der Waals surface area contributed by atoms with Crippen molar-refractivity contribution in [3.63, 3.8) is 0 Å². The molecular weight excluding hydrogens is 320 g/mol. The van der Waals surface area contributed by atoms with E-state index in [1.54, 1.807) is 12.1 Å². The summed E-state index contributed by atoms with van der Waals surface area (Å²) in [4.78, 5) is 8.72. The Balaban J connectivity index is 2.16. The Morgan fingerprint density at radius 2 is 1.68 bits per heavy atom. The van der Waals surface area contributed by atoms with Gasteiger partial charge in [0.25, 0.3) is 0 Å². The van der Waals surface area contributed by atoms with Gasteiger partial charge in [-0.05, 0) is 34.1 Å². The second-order valence-corrected chi connectivity index (χ2v) is 6.49. The lowest BCUT2D eigenvalue weighted by Gasteiger charge is -2.21. The van der Waals surface area contributed by atoms with Gasteiger partial charge in [0, 0.05) is 30.3 Å². The van der Waals surface area contributed by atoms with Crippen LogP contribution in [0.25, 0.3) is 0 Å². The number of ether oxygens (including phenoxy) is 2. The predicted octanol–water partition coefficient (Wildman–Crippen LogP) is 3.49. The van der Waals surface area contributed by atoms with Crippen molar-refractivity contribution in [2.24, 2.45) is 0 Å². The highest BCUT2D eigenvalue weighted by molar-refractivity contribution is 5.49. The summed E-state index contributed by atoms with van der Waals surface area (Å²) >= 11 is 0. The molecule has 8 nitrogen and oxygen atoms in total. The van der Waals surface area contributed by atoms with Gasteiger partial charge >= 0.3 is 6.01 Å².